The minimum Gasteiger partial charge on any atom is -0.302 e. The zero-order valence-electron chi connectivity index (χ0n) is 16.9. The number of halogens is 2. The van der Waals surface area contributed by atoms with Crippen LogP contribution in [-0.4, -0.2) is 30.0 Å². The minimum atomic E-state index is -0.204. The lowest BCUT2D eigenvalue weighted by atomic mass is 10.1. The Bertz CT molecular complexity index is 1040. The van der Waals surface area contributed by atoms with Crippen molar-refractivity contribution in [2.24, 2.45) is 0 Å². The van der Waals surface area contributed by atoms with Gasteiger partial charge in [-0.2, -0.15) is 0 Å². The van der Waals surface area contributed by atoms with Crippen molar-refractivity contribution >= 4 is 17.3 Å². The summed E-state index contributed by atoms with van der Waals surface area (Å²) in [4.78, 5) is 6.44. The summed E-state index contributed by atoms with van der Waals surface area (Å²) in [5, 5.41) is 2.79. The smallest absolute Gasteiger partial charge is 0.123 e. The normalized spacial score (nSPS) is 13.8. The van der Waals surface area contributed by atoms with Gasteiger partial charge >= 0.3 is 0 Å². The molecule has 0 saturated carbocycles. The number of allylic oxidation sites excluding steroid dienone is 1. The highest BCUT2D eigenvalue weighted by Gasteiger charge is 2.24. The van der Waals surface area contributed by atoms with Crippen molar-refractivity contribution in [1.82, 2.24) is 15.3 Å². The standard InChI is InChI=1S/C24H24ClFN4/c1-29(15-19-6-4-8-21(26)12-19)16-20-17-30(24-10-3-2-9-22(24)25)28-23(20)13-18-7-5-11-27-14-18/h2-12,14,28H,13,15-17H2,1H3. The summed E-state index contributed by atoms with van der Waals surface area (Å²) in [6.45, 7) is 2.17. The van der Waals surface area contributed by atoms with Crippen LogP contribution in [0.1, 0.15) is 11.1 Å². The second kappa shape index (κ2) is 9.28. The molecule has 4 rings (SSSR count). The molecule has 154 valence electrons. The van der Waals surface area contributed by atoms with Gasteiger partial charge in [0.25, 0.3) is 0 Å². The van der Waals surface area contributed by atoms with Crippen LogP contribution in [0.25, 0.3) is 0 Å². The van der Waals surface area contributed by atoms with Gasteiger partial charge < -0.3 is 5.43 Å². The first kappa shape index (κ1) is 20.4. The highest BCUT2D eigenvalue weighted by atomic mass is 35.5. The molecule has 1 aliphatic rings. The van der Waals surface area contributed by atoms with Crippen LogP contribution in [0.2, 0.25) is 5.02 Å². The number of hydrazine groups is 1. The maximum absolute atomic E-state index is 13.5. The van der Waals surface area contributed by atoms with Gasteiger partial charge in [0.05, 0.1) is 17.3 Å². The molecule has 0 atom stereocenters. The molecular formula is C24H24ClFN4. The summed E-state index contributed by atoms with van der Waals surface area (Å²) in [5.41, 5.74) is 9.02. The summed E-state index contributed by atoms with van der Waals surface area (Å²) in [5.74, 6) is -0.204. The van der Waals surface area contributed by atoms with E-state index in [-0.39, 0.29) is 5.82 Å². The van der Waals surface area contributed by atoms with Crippen LogP contribution in [0, 0.1) is 5.82 Å². The number of pyridine rings is 1. The quantitative estimate of drug-likeness (QED) is 0.591. The van der Waals surface area contributed by atoms with Gasteiger partial charge in [-0.05, 0) is 54.1 Å². The molecule has 0 aliphatic carbocycles. The van der Waals surface area contributed by atoms with Gasteiger partial charge in [0, 0.05) is 37.6 Å². The molecule has 3 aromatic rings. The van der Waals surface area contributed by atoms with Crippen LogP contribution in [0.5, 0.6) is 0 Å². The van der Waals surface area contributed by atoms with Gasteiger partial charge in [0.2, 0.25) is 0 Å². The molecule has 0 unspecified atom stereocenters. The molecule has 0 radical (unpaired) electrons. The van der Waals surface area contributed by atoms with Crippen molar-refractivity contribution in [2.45, 2.75) is 13.0 Å². The molecule has 1 aromatic heterocycles. The fraction of sp³-hybridized carbons (Fsp3) is 0.208. The third kappa shape index (κ3) is 4.99. The number of rotatable bonds is 7. The van der Waals surface area contributed by atoms with Gasteiger partial charge in [-0.25, -0.2) is 4.39 Å². The average molecular weight is 423 g/mol. The van der Waals surface area contributed by atoms with E-state index in [9.17, 15) is 4.39 Å². The molecule has 0 bridgehead atoms. The molecular weight excluding hydrogens is 399 g/mol. The van der Waals surface area contributed by atoms with Gasteiger partial charge in [-0.3, -0.25) is 14.9 Å². The summed E-state index contributed by atoms with van der Waals surface area (Å²) >= 11 is 6.43. The van der Waals surface area contributed by atoms with Crippen molar-refractivity contribution in [3.63, 3.8) is 0 Å². The Labute approximate surface area is 181 Å². The lowest BCUT2D eigenvalue weighted by molar-refractivity contribution is 0.353. The number of aromatic nitrogens is 1. The van der Waals surface area contributed by atoms with E-state index in [0.717, 1.165) is 42.0 Å². The van der Waals surface area contributed by atoms with Crippen molar-refractivity contribution < 1.29 is 4.39 Å². The summed E-state index contributed by atoms with van der Waals surface area (Å²) in [6.07, 6.45) is 4.43. The van der Waals surface area contributed by atoms with E-state index in [2.05, 4.69) is 33.4 Å². The second-order valence-corrected chi connectivity index (χ2v) is 7.98. The lowest BCUT2D eigenvalue weighted by Gasteiger charge is -2.22. The lowest BCUT2D eigenvalue weighted by Crippen LogP contribution is -2.33. The molecule has 4 nitrogen and oxygen atoms in total. The largest absolute Gasteiger partial charge is 0.302 e. The van der Waals surface area contributed by atoms with E-state index in [1.54, 1.807) is 18.3 Å². The Morgan fingerprint density at radius 2 is 1.90 bits per heavy atom. The summed E-state index contributed by atoms with van der Waals surface area (Å²) in [6, 6.07) is 18.6. The fourth-order valence-corrected chi connectivity index (χ4v) is 3.97. The molecule has 30 heavy (non-hydrogen) atoms. The molecule has 0 amide bonds. The first-order valence-corrected chi connectivity index (χ1v) is 10.3. The van der Waals surface area contributed by atoms with Crippen LogP contribution in [0.3, 0.4) is 0 Å². The molecule has 0 fully saturated rings. The molecule has 1 N–H and O–H groups in total. The molecule has 0 saturated heterocycles. The highest BCUT2D eigenvalue weighted by Crippen LogP contribution is 2.29. The Kier molecular flexibility index (Phi) is 6.31. The van der Waals surface area contributed by atoms with E-state index in [4.69, 9.17) is 11.6 Å². The Hall–Kier alpha value is -2.89. The SMILES string of the molecule is CN(CC1=C(Cc2cccnc2)NN(c2ccccc2Cl)C1)Cc1cccc(F)c1. The summed E-state index contributed by atoms with van der Waals surface area (Å²) in [7, 11) is 2.05. The predicted octanol–water partition coefficient (Wildman–Crippen LogP) is 4.83. The maximum Gasteiger partial charge on any atom is 0.123 e. The van der Waals surface area contributed by atoms with Gasteiger partial charge in [0.1, 0.15) is 5.82 Å². The number of likely N-dealkylation sites (N-methyl/N-ethyl adjacent to an activating group) is 1. The number of nitrogens with one attached hydrogen (secondary N) is 1. The van der Waals surface area contributed by atoms with Gasteiger partial charge in [-0.15, -0.1) is 0 Å². The zero-order chi connectivity index (χ0) is 20.9. The van der Waals surface area contributed by atoms with Crippen LogP contribution in [-0.2, 0) is 13.0 Å². The van der Waals surface area contributed by atoms with Crippen LogP contribution >= 0.6 is 11.6 Å². The predicted molar refractivity (Wildman–Crippen MR) is 120 cm³/mol. The summed E-state index contributed by atoms with van der Waals surface area (Å²) < 4.78 is 13.5. The average Bonchev–Trinajstić information content (AvgIpc) is 3.11. The molecule has 2 heterocycles. The first-order valence-electron chi connectivity index (χ1n) is 9.90. The number of benzene rings is 2. The molecule has 0 spiro atoms. The number of para-hydroxylation sites is 1. The van der Waals surface area contributed by atoms with E-state index >= 15 is 0 Å². The van der Waals surface area contributed by atoms with E-state index in [0.29, 0.717) is 11.6 Å². The van der Waals surface area contributed by atoms with Gasteiger partial charge in [-0.1, -0.05) is 41.9 Å². The molecule has 1 aliphatic heterocycles. The third-order valence-electron chi connectivity index (χ3n) is 5.09. The van der Waals surface area contributed by atoms with Crippen molar-refractivity contribution in [3.8, 4) is 0 Å². The Morgan fingerprint density at radius 3 is 2.67 bits per heavy atom. The Morgan fingerprint density at radius 1 is 1.07 bits per heavy atom. The van der Waals surface area contributed by atoms with Gasteiger partial charge in [0.15, 0.2) is 0 Å². The number of nitrogens with zero attached hydrogens (tertiary/aromatic N) is 3. The number of anilines is 1. The topological polar surface area (TPSA) is 31.4 Å². The van der Waals surface area contributed by atoms with E-state index in [1.165, 1.54) is 11.6 Å². The van der Waals surface area contributed by atoms with Crippen molar-refractivity contribution in [1.29, 1.82) is 0 Å². The third-order valence-corrected chi connectivity index (χ3v) is 5.41. The van der Waals surface area contributed by atoms with Crippen molar-refractivity contribution in [2.75, 3.05) is 25.1 Å². The Balaban J connectivity index is 1.53. The first-order chi connectivity index (χ1) is 14.6. The number of hydrogen-bond donors (Lipinski definition) is 1. The zero-order valence-corrected chi connectivity index (χ0v) is 17.6. The van der Waals surface area contributed by atoms with Crippen LogP contribution in [0.15, 0.2) is 84.3 Å². The second-order valence-electron chi connectivity index (χ2n) is 7.57. The van der Waals surface area contributed by atoms with Crippen LogP contribution < -0.4 is 10.4 Å². The highest BCUT2D eigenvalue weighted by molar-refractivity contribution is 6.33. The number of hydrogen-bond acceptors (Lipinski definition) is 4. The monoisotopic (exact) mass is 422 g/mol. The van der Waals surface area contributed by atoms with E-state index in [1.807, 2.05) is 42.6 Å². The van der Waals surface area contributed by atoms with Crippen molar-refractivity contribution in [3.05, 3.63) is 106 Å². The van der Waals surface area contributed by atoms with E-state index < -0.39 is 0 Å². The molecule has 2 aromatic carbocycles. The van der Waals surface area contributed by atoms with Crippen LogP contribution in [0.4, 0.5) is 10.1 Å². The fourth-order valence-electron chi connectivity index (χ4n) is 3.73. The molecule has 6 heteroatoms. The minimum absolute atomic E-state index is 0.204. The maximum atomic E-state index is 13.5.